The third kappa shape index (κ3) is 5.26. The number of halogens is 1. The molecule has 0 aliphatic heterocycles. The van der Waals surface area contributed by atoms with Gasteiger partial charge in [0.25, 0.3) is 5.91 Å². The van der Waals surface area contributed by atoms with Crippen molar-refractivity contribution in [3.63, 3.8) is 0 Å². The molecule has 1 amide bonds. The molecule has 0 bridgehead atoms. The highest BCUT2D eigenvalue weighted by Crippen LogP contribution is 2.21. The van der Waals surface area contributed by atoms with Crippen LogP contribution in [0, 0.1) is 6.92 Å². The lowest BCUT2D eigenvalue weighted by Gasteiger charge is -2.09. The molecule has 1 heterocycles. The van der Waals surface area contributed by atoms with Crippen LogP contribution < -0.4 is 10.1 Å². The minimum atomic E-state index is -1.02. The summed E-state index contributed by atoms with van der Waals surface area (Å²) < 4.78 is 6.59. The molecule has 2 aromatic rings. The van der Waals surface area contributed by atoms with E-state index < -0.39 is 5.97 Å². The maximum Gasteiger partial charge on any atom is 0.325 e. The number of carboxylic acid groups (broad SMARTS) is 1. The first-order valence-corrected chi connectivity index (χ1v) is 7.08. The summed E-state index contributed by atoms with van der Waals surface area (Å²) in [7, 11) is 0. The van der Waals surface area contributed by atoms with E-state index >= 15 is 0 Å². The number of ether oxygens (including phenoxy) is 1. The average Bonchev–Trinajstić information content (AvgIpc) is 2.91. The largest absolute Gasteiger partial charge is 0.484 e. The summed E-state index contributed by atoms with van der Waals surface area (Å²) in [4.78, 5) is 22.3. The number of amides is 1. The van der Waals surface area contributed by atoms with Crippen LogP contribution in [0.5, 0.6) is 5.75 Å². The summed E-state index contributed by atoms with van der Waals surface area (Å²) in [6.45, 7) is 1.55. The summed E-state index contributed by atoms with van der Waals surface area (Å²) in [5.41, 5.74) is 1.30. The van der Waals surface area contributed by atoms with Gasteiger partial charge in [-0.1, -0.05) is 16.8 Å². The third-order valence-electron chi connectivity index (χ3n) is 2.85. The molecule has 2 N–H and O–H groups in total. The Kier molecular flexibility index (Phi) is 5.53. The molecule has 1 aromatic heterocycles. The molecule has 0 spiro atoms. The number of hydrogen-bond acceptors (Lipinski definition) is 5. The van der Waals surface area contributed by atoms with Gasteiger partial charge in [0.1, 0.15) is 18.0 Å². The molecule has 0 saturated heterocycles. The third-order valence-corrected chi connectivity index (χ3v) is 3.08. The molecule has 0 atom stereocenters. The Morgan fingerprint density at radius 2 is 2.22 bits per heavy atom. The molecule has 2 rings (SSSR count). The zero-order valence-electron chi connectivity index (χ0n) is 12.3. The van der Waals surface area contributed by atoms with E-state index in [9.17, 15) is 9.59 Å². The van der Waals surface area contributed by atoms with Gasteiger partial charge in [-0.05, 0) is 30.7 Å². The number of aliphatic carboxylic acids is 1. The van der Waals surface area contributed by atoms with Crippen LogP contribution >= 0.6 is 11.6 Å². The minimum absolute atomic E-state index is 0.140. The predicted octanol–water partition coefficient (Wildman–Crippen LogP) is 1.02. The van der Waals surface area contributed by atoms with Crippen molar-refractivity contribution in [1.82, 2.24) is 20.3 Å². The molecule has 1 aromatic carbocycles. The van der Waals surface area contributed by atoms with Crippen molar-refractivity contribution in [2.24, 2.45) is 0 Å². The number of rotatable bonds is 7. The van der Waals surface area contributed by atoms with E-state index in [1.165, 1.54) is 10.9 Å². The fourth-order valence-corrected chi connectivity index (χ4v) is 2.02. The maximum absolute atomic E-state index is 11.7. The Morgan fingerprint density at radius 3 is 2.91 bits per heavy atom. The minimum Gasteiger partial charge on any atom is -0.484 e. The Balaban J connectivity index is 1.78. The van der Waals surface area contributed by atoms with Gasteiger partial charge in [-0.3, -0.25) is 9.59 Å². The number of carboxylic acids is 1. The van der Waals surface area contributed by atoms with Crippen molar-refractivity contribution in [3.8, 4) is 5.75 Å². The summed E-state index contributed by atoms with van der Waals surface area (Å²) in [5, 5.41) is 19.2. The van der Waals surface area contributed by atoms with Gasteiger partial charge < -0.3 is 15.2 Å². The van der Waals surface area contributed by atoms with E-state index in [4.69, 9.17) is 21.4 Å². The summed E-state index contributed by atoms with van der Waals surface area (Å²) in [6.07, 6.45) is 1.46. The molecule has 0 saturated carbocycles. The van der Waals surface area contributed by atoms with Crippen LogP contribution in [0.25, 0.3) is 0 Å². The van der Waals surface area contributed by atoms with Crippen LogP contribution in [0.3, 0.4) is 0 Å². The quantitative estimate of drug-likeness (QED) is 0.780. The second-order valence-corrected chi connectivity index (χ2v) is 5.21. The van der Waals surface area contributed by atoms with Crippen LogP contribution in [-0.2, 0) is 22.7 Å². The lowest BCUT2D eigenvalue weighted by atomic mass is 10.2. The van der Waals surface area contributed by atoms with Crippen LogP contribution in [0.15, 0.2) is 24.4 Å². The Labute approximate surface area is 137 Å². The number of hydrogen-bond donors (Lipinski definition) is 2. The molecule has 23 heavy (non-hydrogen) atoms. The zero-order valence-corrected chi connectivity index (χ0v) is 13.1. The van der Waals surface area contributed by atoms with E-state index in [0.29, 0.717) is 16.5 Å². The van der Waals surface area contributed by atoms with Crippen LogP contribution in [0.4, 0.5) is 0 Å². The SMILES string of the molecule is Cc1cc(Cl)ccc1OCC(=O)NCc1cn(CC(=O)O)nn1. The zero-order chi connectivity index (χ0) is 16.8. The van der Waals surface area contributed by atoms with Gasteiger partial charge in [-0.15, -0.1) is 5.10 Å². The monoisotopic (exact) mass is 338 g/mol. The molecule has 0 aliphatic carbocycles. The van der Waals surface area contributed by atoms with Crippen molar-refractivity contribution < 1.29 is 19.4 Å². The first kappa shape index (κ1) is 16.8. The van der Waals surface area contributed by atoms with Gasteiger partial charge in [0.05, 0.1) is 12.7 Å². The van der Waals surface area contributed by atoms with Gasteiger partial charge in [0.15, 0.2) is 6.61 Å². The first-order valence-electron chi connectivity index (χ1n) is 6.70. The van der Waals surface area contributed by atoms with Crippen molar-refractivity contribution in [2.75, 3.05) is 6.61 Å². The summed E-state index contributed by atoms with van der Waals surface area (Å²) >= 11 is 5.84. The Morgan fingerprint density at radius 1 is 1.43 bits per heavy atom. The highest BCUT2D eigenvalue weighted by atomic mass is 35.5. The molecule has 9 heteroatoms. The molecule has 0 radical (unpaired) electrons. The van der Waals surface area contributed by atoms with Crippen molar-refractivity contribution in [2.45, 2.75) is 20.0 Å². The molecule has 8 nitrogen and oxygen atoms in total. The fraction of sp³-hybridized carbons (Fsp3) is 0.286. The van der Waals surface area contributed by atoms with E-state index in [1.807, 2.05) is 6.92 Å². The van der Waals surface area contributed by atoms with E-state index in [2.05, 4.69) is 15.6 Å². The first-order chi connectivity index (χ1) is 10.9. The predicted molar refractivity (Wildman–Crippen MR) is 81.2 cm³/mol. The topological polar surface area (TPSA) is 106 Å². The van der Waals surface area contributed by atoms with Gasteiger partial charge in [0, 0.05) is 5.02 Å². The Bertz CT molecular complexity index is 717. The lowest BCUT2D eigenvalue weighted by molar-refractivity contribution is -0.138. The van der Waals surface area contributed by atoms with Crippen molar-refractivity contribution >= 4 is 23.5 Å². The molecular formula is C14H15ClN4O4. The second-order valence-electron chi connectivity index (χ2n) is 4.78. The average molecular weight is 339 g/mol. The van der Waals surface area contributed by atoms with Crippen molar-refractivity contribution in [3.05, 3.63) is 40.7 Å². The number of benzene rings is 1. The number of aryl methyl sites for hydroxylation is 1. The summed E-state index contributed by atoms with van der Waals surface area (Å²) in [5.74, 6) is -0.763. The number of carbonyl (C=O) groups excluding carboxylic acids is 1. The smallest absolute Gasteiger partial charge is 0.325 e. The number of nitrogens with one attached hydrogen (secondary N) is 1. The number of nitrogens with zero attached hydrogens (tertiary/aromatic N) is 3. The van der Waals surface area contributed by atoms with E-state index in [-0.39, 0.29) is 25.6 Å². The highest BCUT2D eigenvalue weighted by Gasteiger charge is 2.08. The van der Waals surface area contributed by atoms with Gasteiger partial charge in [-0.2, -0.15) is 0 Å². The van der Waals surface area contributed by atoms with Gasteiger partial charge in [0.2, 0.25) is 0 Å². The molecule has 122 valence electrons. The van der Waals surface area contributed by atoms with Gasteiger partial charge >= 0.3 is 5.97 Å². The van der Waals surface area contributed by atoms with Crippen LogP contribution in [-0.4, -0.2) is 38.6 Å². The number of aromatic nitrogens is 3. The standard InChI is InChI=1S/C14H15ClN4O4/c1-9-4-10(15)2-3-12(9)23-8-13(20)16-5-11-6-19(18-17-11)7-14(21)22/h2-4,6H,5,7-8H2,1H3,(H,16,20)(H,21,22). The lowest BCUT2D eigenvalue weighted by Crippen LogP contribution is -2.28. The molecule has 0 unspecified atom stereocenters. The number of carbonyl (C=O) groups is 2. The Hall–Kier alpha value is -2.61. The summed E-state index contributed by atoms with van der Waals surface area (Å²) in [6, 6.07) is 5.13. The fourth-order valence-electron chi connectivity index (χ4n) is 1.79. The van der Waals surface area contributed by atoms with Crippen LogP contribution in [0.1, 0.15) is 11.3 Å². The van der Waals surface area contributed by atoms with Crippen LogP contribution in [0.2, 0.25) is 5.02 Å². The van der Waals surface area contributed by atoms with E-state index in [0.717, 1.165) is 5.56 Å². The highest BCUT2D eigenvalue weighted by molar-refractivity contribution is 6.30. The molecule has 0 aliphatic rings. The normalized spacial score (nSPS) is 10.3. The van der Waals surface area contributed by atoms with Crippen molar-refractivity contribution in [1.29, 1.82) is 0 Å². The van der Waals surface area contributed by atoms with Gasteiger partial charge in [-0.25, -0.2) is 4.68 Å². The van der Waals surface area contributed by atoms with E-state index in [1.54, 1.807) is 18.2 Å². The molecular weight excluding hydrogens is 324 g/mol. The second kappa shape index (κ2) is 7.59. The molecule has 0 fully saturated rings. The maximum atomic E-state index is 11.7.